The highest BCUT2D eigenvalue weighted by molar-refractivity contribution is 7.89. The molecule has 5 aromatic rings. The highest BCUT2D eigenvalue weighted by Gasteiger charge is 2.19. The van der Waals surface area contributed by atoms with Crippen LogP contribution >= 0.6 is 0 Å². The van der Waals surface area contributed by atoms with Crippen LogP contribution in [0.5, 0.6) is 0 Å². The third-order valence-electron chi connectivity index (χ3n) is 6.45. The van der Waals surface area contributed by atoms with Gasteiger partial charge >= 0.3 is 0 Å². The molecule has 0 atom stereocenters. The predicted octanol–water partition coefficient (Wildman–Crippen LogP) is 6.74. The van der Waals surface area contributed by atoms with Crippen molar-refractivity contribution in [3.63, 3.8) is 0 Å². The zero-order valence-corrected chi connectivity index (χ0v) is 21.7. The highest BCUT2D eigenvalue weighted by atomic mass is 32.2. The Labute approximate surface area is 217 Å². The molecule has 0 unspecified atom stereocenters. The van der Waals surface area contributed by atoms with Crippen molar-refractivity contribution in [1.29, 1.82) is 0 Å². The van der Waals surface area contributed by atoms with Crippen molar-refractivity contribution in [2.45, 2.75) is 43.9 Å². The lowest BCUT2D eigenvalue weighted by Gasteiger charge is -2.08. The van der Waals surface area contributed by atoms with Crippen LogP contribution in [0.3, 0.4) is 0 Å². The average molecular weight is 514 g/mol. The van der Waals surface area contributed by atoms with Gasteiger partial charge in [-0.1, -0.05) is 80.4 Å². The summed E-state index contributed by atoms with van der Waals surface area (Å²) >= 11 is 0. The van der Waals surface area contributed by atoms with Crippen LogP contribution in [-0.4, -0.2) is 24.9 Å². The fraction of sp³-hybridized carbons (Fsp3) is 0.233. The third-order valence-corrected chi connectivity index (χ3v) is 7.93. The standard InChI is InChI=1S/C30H31N3O3S/c1-2-3-5-10-22-15-17-25(18-16-22)37(34,35)31-20-19-26-29(28-21-24-13-8-9-14-27(24)36-28)33-30(32-26)23-11-6-4-7-12-23/h4,6-9,11-18,21,31H,2-3,5,10,19-20H2,1H3,(H,32,33). The summed E-state index contributed by atoms with van der Waals surface area (Å²) in [4.78, 5) is 8.49. The van der Waals surface area contributed by atoms with Gasteiger partial charge in [-0.25, -0.2) is 18.1 Å². The molecule has 2 heterocycles. The first-order chi connectivity index (χ1) is 18.0. The maximum absolute atomic E-state index is 12.9. The van der Waals surface area contributed by atoms with Gasteiger partial charge in [0.15, 0.2) is 5.76 Å². The fourth-order valence-electron chi connectivity index (χ4n) is 4.43. The number of imidazole rings is 1. The molecule has 0 fully saturated rings. The number of nitrogens with one attached hydrogen (secondary N) is 2. The molecule has 0 aliphatic heterocycles. The summed E-state index contributed by atoms with van der Waals surface area (Å²) in [5.74, 6) is 1.39. The topological polar surface area (TPSA) is 88.0 Å². The summed E-state index contributed by atoms with van der Waals surface area (Å²) in [5.41, 5.74) is 4.40. The van der Waals surface area contributed by atoms with Crippen molar-refractivity contribution in [3.05, 3.63) is 96.2 Å². The SMILES string of the molecule is CCCCCc1ccc(S(=O)(=O)NCCc2nc(-c3ccccc3)[nH]c2-c2cc3ccccc3o2)cc1. The van der Waals surface area contributed by atoms with Crippen molar-refractivity contribution in [3.8, 4) is 22.8 Å². The number of para-hydroxylation sites is 1. The van der Waals surface area contributed by atoms with Crippen LogP contribution in [0.1, 0.15) is 37.4 Å². The van der Waals surface area contributed by atoms with Gasteiger partial charge in [-0.15, -0.1) is 0 Å². The minimum Gasteiger partial charge on any atom is -0.454 e. The summed E-state index contributed by atoms with van der Waals surface area (Å²) in [5, 5.41) is 0.998. The minimum atomic E-state index is -3.63. The number of H-pyrrole nitrogens is 1. The Morgan fingerprint density at radius 3 is 2.41 bits per heavy atom. The number of aromatic amines is 1. The van der Waals surface area contributed by atoms with Gasteiger partial charge in [0.1, 0.15) is 17.1 Å². The van der Waals surface area contributed by atoms with Crippen molar-refractivity contribution in [1.82, 2.24) is 14.7 Å². The van der Waals surface area contributed by atoms with Gasteiger partial charge in [0.25, 0.3) is 0 Å². The number of aryl methyl sites for hydroxylation is 1. The maximum Gasteiger partial charge on any atom is 0.240 e. The number of hydrogen-bond acceptors (Lipinski definition) is 4. The average Bonchev–Trinajstić information content (AvgIpc) is 3.54. The second-order valence-corrected chi connectivity index (χ2v) is 10.9. The quantitative estimate of drug-likeness (QED) is 0.191. The van der Waals surface area contributed by atoms with Gasteiger partial charge in [-0.2, -0.15) is 0 Å². The minimum absolute atomic E-state index is 0.215. The fourth-order valence-corrected chi connectivity index (χ4v) is 5.47. The lowest BCUT2D eigenvalue weighted by molar-refractivity contribution is 0.581. The highest BCUT2D eigenvalue weighted by Crippen LogP contribution is 2.31. The molecule has 2 N–H and O–H groups in total. The van der Waals surface area contributed by atoms with Gasteiger partial charge < -0.3 is 9.40 Å². The molecule has 2 aromatic heterocycles. The van der Waals surface area contributed by atoms with Crippen LogP contribution in [0.15, 0.2) is 94.2 Å². The maximum atomic E-state index is 12.9. The normalized spacial score (nSPS) is 11.8. The molecule has 0 spiro atoms. The van der Waals surface area contributed by atoms with Crippen LogP contribution in [0.2, 0.25) is 0 Å². The van der Waals surface area contributed by atoms with E-state index in [9.17, 15) is 8.42 Å². The number of sulfonamides is 1. The summed E-state index contributed by atoms with van der Waals surface area (Å²) in [6.07, 6.45) is 4.83. The first-order valence-corrected chi connectivity index (χ1v) is 14.2. The second-order valence-electron chi connectivity index (χ2n) is 9.17. The molecule has 0 aliphatic rings. The molecule has 0 radical (unpaired) electrons. The molecular weight excluding hydrogens is 482 g/mol. The van der Waals surface area contributed by atoms with E-state index in [4.69, 9.17) is 9.40 Å². The van der Waals surface area contributed by atoms with E-state index >= 15 is 0 Å². The predicted molar refractivity (Wildman–Crippen MR) is 148 cm³/mol. The molecule has 7 heteroatoms. The van der Waals surface area contributed by atoms with Crippen molar-refractivity contribution in [2.75, 3.05) is 6.54 Å². The Kier molecular flexibility index (Phi) is 7.53. The van der Waals surface area contributed by atoms with E-state index in [1.807, 2.05) is 72.8 Å². The molecule has 0 amide bonds. The van der Waals surface area contributed by atoms with Gasteiger partial charge in [-0.3, -0.25) is 0 Å². The Hall–Kier alpha value is -3.68. The molecule has 0 saturated heterocycles. The van der Waals surface area contributed by atoms with Crippen molar-refractivity contribution < 1.29 is 12.8 Å². The van der Waals surface area contributed by atoms with E-state index in [-0.39, 0.29) is 11.4 Å². The van der Waals surface area contributed by atoms with Crippen molar-refractivity contribution in [2.24, 2.45) is 0 Å². The zero-order valence-electron chi connectivity index (χ0n) is 20.9. The molecule has 37 heavy (non-hydrogen) atoms. The molecule has 190 valence electrons. The Morgan fingerprint density at radius 1 is 0.892 bits per heavy atom. The Bertz CT molecular complexity index is 1540. The number of unbranched alkanes of at least 4 members (excludes halogenated alkanes) is 2. The van der Waals surface area contributed by atoms with E-state index in [1.54, 1.807) is 12.1 Å². The number of fused-ring (bicyclic) bond motifs is 1. The number of furan rings is 1. The number of aromatic nitrogens is 2. The van der Waals surface area contributed by atoms with Crippen LogP contribution in [-0.2, 0) is 22.9 Å². The number of rotatable bonds is 11. The molecule has 5 rings (SSSR count). The molecule has 3 aromatic carbocycles. The number of benzene rings is 3. The summed E-state index contributed by atoms with van der Waals surface area (Å²) in [6, 6.07) is 26.8. The van der Waals surface area contributed by atoms with Crippen LogP contribution < -0.4 is 4.72 Å². The Morgan fingerprint density at radius 2 is 1.65 bits per heavy atom. The van der Waals surface area contributed by atoms with Crippen LogP contribution in [0.25, 0.3) is 33.8 Å². The van der Waals surface area contributed by atoms with Gasteiger partial charge in [0.2, 0.25) is 10.0 Å². The van der Waals surface area contributed by atoms with Crippen LogP contribution in [0, 0.1) is 0 Å². The molecule has 6 nitrogen and oxygen atoms in total. The van der Waals surface area contributed by atoms with Gasteiger partial charge in [0, 0.05) is 23.9 Å². The summed E-state index contributed by atoms with van der Waals surface area (Å²) in [7, 11) is -3.63. The molecule has 0 saturated carbocycles. The molecular formula is C30H31N3O3S. The summed E-state index contributed by atoms with van der Waals surface area (Å²) < 4.78 is 34.7. The van der Waals surface area contributed by atoms with E-state index in [0.29, 0.717) is 18.0 Å². The number of hydrogen-bond donors (Lipinski definition) is 2. The monoisotopic (exact) mass is 513 g/mol. The summed E-state index contributed by atoms with van der Waals surface area (Å²) in [6.45, 7) is 2.39. The lowest BCUT2D eigenvalue weighted by atomic mass is 10.1. The second kappa shape index (κ2) is 11.2. The number of nitrogens with zero attached hydrogens (tertiary/aromatic N) is 1. The molecule has 0 bridgehead atoms. The van der Waals surface area contributed by atoms with E-state index < -0.39 is 10.0 Å². The van der Waals surface area contributed by atoms with Crippen LogP contribution in [0.4, 0.5) is 0 Å². The first-order valence-electron chi connectivity index (χ1n) is 12.8. The van der Waals surface area contributed by atoms with E-state index in [0.717, 1.165) is 52.7 Å². The Balaban J connectivity index is 1.34. The van der Waals surface area contributed by atoms with Gasteiger partial charge in [-0.05, 0) is 42.7 Å². The largest absolute Gasteiger partial charge is 0.454 e. The first kappa shape index (κ1) is 25.0. The van der Waals surface area contributed by atoms with Crippen molar-refractivity contribution >= 4 is 21.0 Å². The zero-order chi connectivity index (χ0) is 25.7. The molecule has 0 aliphatic carbocycles. The van der Waals surface area contributed by atoms with E-state index in [1.165, 1.54) is 6.42 Å². The smallest absolute Gasteiger partial charge is 0.240 e. The van der Waals surface area contributed by atoms with E-state index in [2.05, 4.69) is 16.6 Å². The third kappa shape index (κ3) is 5.84. The van der Waals surface area contributed by atoms with Gasteiger partial charge in [0.05, 0.1) is 10.6 Å². The lowest BCUT2D eigenvalue weighted by Crippen LogP contribution is -2.26.